The molecule has 0 aromatic heterocycles. The van der Waals surface area contributed by atoms with Gasteiger partial charge in [0, 0.05) is 13.5 Å². The maximum absolute atomic E-state index is 11.6. The largest absolute Gasteiger partial charge is 0.330 e. The molecular weight excluding hydrogens is 178 g/mol. The Labute approximate surface area is 84.8 Å². The molecule has 1 rings (SSSR count). The molecule has 1 saturated heterocycles. The Hall–Kier alpha value is -1.12. The predicted molar refractivity (Wildman–Crippen MR) is 54.8 cm³/mol. The molecule has 0 radical (unpaired) electrons. The van der Waals surface area contributed by atoms with E-state index in [-0.39, 0.29) is 11.7 Å². The van der Waals surface area contributed by atoms with Crippen molar-refractivity contribution in [3.63, 3.8) is 0 Å². The van der Waals surface area contributed by atoms with Crippen molar-refractivity contribution in [2.24, 2.45) is 0 Å². The number of carbonyl (C=O) groups excluding carboxylic acids is 2. The quantitative estimate of drug-likeness (QED) is 0.640. The highest BCUT2D eigenvalue weighted by molar-refractivity contribution is 5.91. The number of hydrogen-bond acceptors (Lipinski definition) is 2. The number of hydrogen-bond donors (Lipinski definition) is 0. The summed E-state index contributed by atoms with van der Waals surface area (Å²) < 4.78 is 0. The molecule has 1 heterocycles. The van der Waals surface area contributed by atoms with Crippen LogP contribution < -0.4 is 0 Å². The highest BCUT2D eigenvalue weighted by atomic mass is 16.2. The smallest absolute Gasteiger partial charge is 0.220 e. The SMILES string of the molecule is C=CC[C@@]1(C(C)=O)CCCN1C(C)=O. The Morgan fingerprint density at radius 2 is 2.14 bits per heavy atom. The van der Waals surface area contributed by atoms with Crippen molar-refractivity contribution in [3.8, 4) is 0 Å². The highest BCUT2D eigenvalue weighted by Crippen LogP contribution is 2.33. The van der Waals surface area contributed by atoms with Crippen molar-refractivity contribution < 1.29 is 9.59 Å². The lowest BCUT2D eigenvalue weighted by Crippen LogP contribution is -2.51. The summed E-state index contributed by atoms with van der Waals surface area (Å²) in [6, 6.07) is 0. The fraction of sp³-hybridized carbons (Fsp3) is 0.636. The van der Waals surface area contributed by atoms with Crippen molar-refractivity contribution in [2.45, 2.75) is 38.6 Å². The van der Waals surface area contributed by atoms with Crippen LogP contribution in [0.4, 0.5) is 0 Å². The van der Waals surface area contributed by atoms with Crippen LogP contribution in [0.5, 0.6) is 0 Å². The predicted octanol–water partition coefficient (Wildman–Crippen LogP) is 1.53. The van der Waals surface area contributed by atoms with Gasteiger partial charge in [-0.1, -0.05) is 6.08 Å². The molecule has 14 heavy (non-hydrogen) atoms. The highest BCUT2D eigenvalue weighted by Gasteiger charge is 2.45. The van der Waals surface area contributed by atoms with Crippen molar-refractivity contribution in [2.75, 3.05) is 6.54 Å². The van der Waals surface area contributed by atoms with E-state index in [1.807, 2.05) is 0 Å². The molecule has 0 spiro atoms. The third kappa shape index (κ3) is 1.59. The lowest BCUT2D eigenvalue weighted by Gasteiger charge is -2.35. The van der Waals surface area contributed by atoms with E-state index in [1.54, 1.807) is 17.9 Å². The van der Waals surface area contributed by atoms with Crippen LogP contribution in [0.15, 0.2) is 12.7 Å². The summed E-state index contributed by atoms with van der Waals surface area (Å²) in [7, 11) is 0. The average Bonchev–Trinajstić information content (AvgIpc) is 2.50. The third-order valence-electron chi connectivity index (χ3n) is 3.01. The van der Waals surface area contributed by atoms with Crippen LogP contribution in [-0.4, -0.2) is 28.7 Å². The molecule has 1 amide bonds. The van der Waals surface area contributed by atoms with Gasteiger partial charge in [-0.3, -0.25) is 9.59 Å². The Bertz CT molecular complexity index is 272. The molecule has 1 aliphatic rings. The first kappa shape index (κ1) is 11.0. The van der Waals surface area contributed by atoms with E-state index in [4.69, 9.17) is 0 Å². The van der Waals surface area contributed by atoms with Crippen molar-refractivity contribution in [3.05, 3.63) is 12.7 Å². The van der Waals surface area contributed by atoms with E-state index in [1.165, 1.54) is 6.92 Å². The maximum Gasteiger partial charge on any atom is 0.220 e. The van der Waals surface area contributed by atoms with Gasteiger partial charge in [0.05, 0.1) is 0 Å². The van der Waals surface area contributed by atoms with Crippen LogP contribution in [0.2, 0.25) is 0 Å². The number of Topliss-reactive ketones (excluding diaryl/α,β-unsaturated/α-hetero) is 1. The van der Waals surface area contributed by atoms with Gasteiger partial charge in [0.1, 0.15) is 5.54 Å². The first-order valence-corrected chi connectivity index (χ1v) is 4.95. The van der Waals surface area contributed by atoms with E-state index in [0.29, 0.717) is 13.0 Å². The summed E-state index contributed by atoms with van der Waals surface area (Å²) in [6.07, 6.45) is 3.98. The summed E-state index contributed by atoms with van der Waals surface area (Å²) in [5.74, 6) is 0.0599. The fourth-order valence-electron chi connectivity index (χ4n) is 2.30. The zero-order valence-electron chi connectivity index (χ0n) is 8.88. The normalized spacial score (nSPS) is 26.3. The second kappa shape index (κ2) is 3.95. The minimum absolute atomic E-state index is 0.0143. The molecule has 0 aliphatic carbocycles. The number of amides is 1. The van der Waals surface area contributed by atoms with E-state index in [0.717, 1.165) is 12.8 Å². The van der Waals surface area contributed by atoms with E-state index < -0.39 is 5.54 Å². The number of nitrogens with zero attached hydrogens (tertiary/aromatic N) is 1. The Morgan fingerprint density at radius 1 is 1.50 bits per heavy atom. The summed E-state index contributed by atoms with van der Waals surface area (Å²) in [5.41, 5.74) is -0.590. The molecule has 3 heteroatoms. The molecular formula is C11H17NO2. The van der Waals surface area contributed by atoms with Crippen LogP contribution in [0, 0.1) is 0 Å². The first-order valence-electron chi connectivity index (χ1n) is 4.95. The molecule has 1 aliphatic heterocycles. The summed E-state index contributed by atoms with van der Waals surface area (Å²) in [4.78, 5) is 24.7. The van der Waals surface area contributed by atoms with Gasteiger partial charge in [-0.05, 0) is 26.2 Å². The molecule has 3 nitrogen and oxygen atoms in total. The fourth-order valence-corrected chi connectivity index (χ4v) is 2.30. The average molecular weight is 195 g/mol. The molecule has 1 atom stereocenters. The minimum atomic E-state index is -0.590. The molecule has 0 aromatic rings. The molecule has 0 N–H and O–H groups in total. The number of likely N-dealkylation sites (tertiary alicyclic amines) is 1. The summed E-state index contributed by atoms with van der Waals surface area (Å²) >= 11 is 0. The van der Waals surface area contributed by atoms with Crippen LogP contribution >= 0.6 is 0 Å². The van der Waals surface area contributed by atoms with Crippen LogP contribution in [-0.2, 0) is 9.59 Å². The Kier molecular flexibility index (Phi) is 3.09. The Morgan fingerprint density at radius 3 is 2.57 bits per heavy atom. The van der Waals surface area contributed by atoms with Gasteiger partial charge in [-0.2, -0.15) is 0 Å². The van der Waals surface area contributed by atoms with Gasteiger partial charge in [0.2, 0.25) is 5.91 Å². The zero-order valence-corrected chi connectivity index (χ0v) is 8.88. The molecule has 0 aromatic carbocycles. The first-order chi connectivity index (χ1) is 6.54. The summed E-state index contributed by atoms with van der Waals surface area (Å²) in [5, 5.41) is 0. The van der Waals surface area contributed by atoms with Crippen LogP contribution in [0.3, 0.4) is 0 Å². The lowest BCUT2D eigenvalue weighted by molar-refractivity contribution is -0.141. The second-order valence-electron chi connectivity index (χ2n) is 3.85. The van der Waals surface area contributed by atoms with E-state index in [9.17, 15) is 9.59 Å². The third-order valence-corrected chi connectivity index (χ3v) is 3.01. The summed E-state index contributed by atoms with van der Waals surface area (Å²) in [6.45, 7) is 7.43. The molecule has 1 fully saturated rings. The molecule has 0 saturated carbocycles. The van der Waals surface area contributed by atoms with Crippen LogP contribution in [0.1, 0.15) is 33.1 Å². The Balaban J connectivity index is 3.00. The lowest BCUT2D eigenvalue weighted by atomic mass is 9.88. The van der Waals surface area contributed by atoms with Gasteiger partial charge < -0.3 is 4.90 Å². The van der Waals surface area contributed by atoms with Crippen LogP contribution in [0.25, 0.3) is 0 Å². The molecule has 78 valence electrons. The van der Waals surface area contributed by atoms with Gasteiger partial charge in [-0.15, -0.1) is 6.58 Å². The topological polar surface area (TPSA) is 37.4 Å². The van der Waals surface area contributed by atoms with Gasteiger partial charge in [0.25, 0.3) is 0 Å². The van der Waals surface area contributed by atoms with Gasteiger partial charge in [-0.25, -0.2) is 0 Å². The maximum atomic E-state index is 11.6. The second-order valence-corrected chi connectivity index (χ2v) is 3.85. The molecule has 0 bridgehead atoms. The zero-order chi connectivity index (χ0) is 10.8. The minimum Gasteiger partial charge on any atom is -0.330 e. The number of ketones is 1. The number of rotatable bonds is 3. The van der Waals surface area contributed by atoms with Gasteiger partial charge in [0.15, 0.2) is 5.78 Å². The number of carbonyl (C=O) groups is 2. The van der Waals surface area contributed by atoms with Gasteiger partial charge >= 0.3 is 0 Å². The van der Waals surface area contributed by atoms with Crippen molar-refractivity contribution >= 4 is 11.7 Å². The molecule has 0 unspecified atom stereocenters. The standard InChI is InChI=1S/C11H17NO2/c1-4-6-11(9(2)13)7-5-8-12(11)10(3)14/h4H,1,5-8H2,2-3H3/t11-/m0/s1. The van der Waals surface area contributed by atoms with Crippen molar-refractivity contribution in [1.82, 2.24) is 4.90 Å². The van der Waals surface area contributed by atoms with E-state index in [2.05, 4.69) is 6.58 Å². The van der Waals surface area contributed by atoms with Crippen molar-refractivity contribution in [1.29, 1.82) is 0 Å². The van der Waals surface area contributed by atoms with E-state index >= 15 is 0 Å². The monoisotopic (exact) mass is 195 g/mol.